The van der Waals surface area contributed by atoms with E-state index < -0.39 is 29.4 Å². The number of amides is 2. The monoisotopic (exact) mass is 542 g/mol. The third-order valence-electron chi connectivity index (χ3n) is 6.00. The van der Waals surface area contributed by atoms with Gasteiger partial charge in [-0.25, -0.2) is 4.79 Å². The van der Waals surface area contributed by atoms with Crippen LogP contribution < -0.4 is 19.3 Å². The summed E-state index contributed by atoms with van der Waals surface area (Å²) in [7, 11) is 6.07. The molecule has 1 fully saturated rings. The minimum absolute atomic E-state index is 0.00562. The van der Waals surface area contributed by atoms with Crippen LogP contribution in [0.4, 0.5) is 10.5 Å². The molecule has 0 spiro atoms. The molecule has 212 valence electrons. The van der Waals surface area contributed by atoms with Gasteiger partial charge in [-0.05, 0) is 70.0 Å². The summed E-state index contributed by atoms with van der Waals surface area (Å²) in [4.78, 5) is 33.5. The Labute approximate surface area is 229 Å². The van der Waals surface area contributed by atoms with E-state index in [1.54, 1.807) is 68.1 Å². The van der Waals surface area contributed by atoms with Crippen LogP contribution in [0.5, 0.6) is 17.2 Å². The predicted octanol–water partition coefficient (Wildman–Crippen LogP) is 5.15. The Morgan fingerprint density at radius 1 is 0.974 bits per heavy atom. The fourth-order valence-electron chi connectivity index (χ4n) is 4.24. The van der Waals surface area contributed by atoms with Crippen molar-refractivity contribution in [2.24, 2.45) is 0 Å². The molecule has 2 aromatic rings. The lowest BCUT2D eigenvalue weighted by Gasteiger charge is -2.35. The van der Waals surface area contributed by atoms with Crippen LogP contribution in [0, 0.1) is 0 Å². The molecule has 0 aromatic heterocycles. The number of rotatable bonds is 8. The summed E-state index contributed by atoms with van der Waals surface area (Å²) in [5, 5.41) is 1.16. The maximum absolute atomic E-state index is 13.7. The van der Waals surface area contributed by atoms with Crippen LogP contribution in [0.25, 0.3) is 12.2 Å². The second-order valence-corrected chi connectivity index (χ2v) is 10.3. The number of benzene rings is 2. The highest BCUT2D eigenvalue weighted by Gasteiger charge is 2.50. The zero-order valence-corrected chi connectivity index (χ0v) is 24.1. The Bertz CT molecular complexity index is 1190. The molecule has 10 nitrogen and oxygen atoms in total. The Balaban J connectivity index is 1.88. The van der Waals surface area contributed by atoms with Crippen LogP contribution in [0.1, 0.15) is 45.7 Å². The van der Waals surface area contributed by atoms with E-state index in [-0.39, 0.29) is 6.61 Å². The standard InChI is InChI=1S/C29H38N2O8/c1-28(2,3)39-27(33)30-22(18-38-29(30,4)5)26(32)31(37-9)21-12-10-11-19(15-21)13-14-20-16-23(34-6)25(36-8)24(17-20)35-7/h10-17,22H,18H2,1-9H3. The molecule has 39 heavy (non-hydrogen) atoms. The number of ether oxygens (including phenoxy) is 5. The van der Waals surface area contributed by atoms with E-state index in [1.807, 2.05) is 36.4 Å². The molecule has 1 aliphatic rings. The third-order valence-corrected chi connectivity index (χ3v) is 6.00. The van der Waals surface area contributed by atoms with Crippen LogP contribution >= 0.6 is 0 Å². The molecule has 2 aromatic carbocycles. The number of hydrogen-bond donors (Lipinski definition) is 0. The first kappa shape index (κ1) is 29.8. The van der Waals surface area contributed by atoms with Crippen molar-refractivity contribution in [1.82, 2.24) is 4.90 Å². The number of nitrogens with zero attached hydrogens (tertiary/aromatic N) is 2. The maximum atomic E-state index is 13.7. The van der Waals surface area contributed by atoms with Gasteiger partial charge in [0.25, 0.3) is 5.91 Å². The summed E-state index contributed by atoms with van der Waals surface area (Å²) < 4.78 is 27.6. The lowest BCUT2D eigenvalue weighted by molar-refractivity contribution is -0.130. The van der Waals surface area contributed by atoms with Crippen LogP contribution in [0.2, 0.25) is 0 Å². The molecule has 2 amide bonds. The van der Waals surface area contributed by atoms with Gasteiger partial charge in [0.05, 0.1) is 40.7 Å². The van der Waals surface area contributed by atoms with E-state index in [0.717, 1.165) is 16.2 Å². The van der Waals surface area contributed by atoms with Gasteiger partial charge in [0.2, 0.25) is 5.75 Å². The van der Waals surface area contributed by atoms with Gasteiger partial charge in [-0.3, -0.25) is 14.5 Å². The number of methoxy groups -OCH3 is 3. The highest BCUT2D eigenvalue weighted by Crippen LogP contribution is 2.39. The summed E-state index contributed by atoms with van der Waals surface area (Å²) in [6, 6.07) is 9.98. The topological polar surface area (TPSA) is 96.0 Å². The van der Waals surface area contributed by atoms with Crippen molar-refractivity contribution >= 4 is 29.8 Å². The average Bonchev–Trinajstić information content (AvgIpc) is 3.21. The Kier molecular flexibility index (Phi) is 9.14. The van der Waals surface area contributed by atoms with Gasteiger partial charge in [-0.1, -0.05) is 24.3 Å². The van der Waals surface area contributed by atoms with Crippen molar-refractivity contribution in [3.63, 3.8) is 0 Å². The molecule has 0 radical (unpaired) electrons. The molecule has 3 rings (SSSR count). The minimum Gasteiger partial charge on any atom is -0.493 e. The predicted molar refractivity (Wildman–Crippen MR) is 148 cm³/mol. The lowest BCUT2D eigenvalue weighted by Crippen LogP contribution is -2.55. The van der Waals surface area contributed by atoms with E-state index >= 15 is 0 Å². The van der Waals surface area contributed by atoms with E-state index in [0.29, 0.717) is 22.9 Å². The van der Waals surface area contributed by atoms with Gasteiger partial charge in [-0.15, -0.1) is 0 Å². The third kappa shape index (κ3) is 6.82. The zero-order chi connectivity index (χ0) is 29.0. The second-order valence-electron chi connectivity index (χ2n) is 10.3. The fraction of sp³-hybridized carbons (Fsp3) is 0.448. The van der Waals surface area contributed by atoms with Crippen LogP contribution in [0.3, 0.4) is 0 Å². The second kappa shape index (κ2) is 12.0. The SMILES string of the molecule is COc1cc(C=Cc2cccc(N(OC)C(=O)C3COC(C)(C)N3C(=O)OC(C)(C)C)c2)cc(OC)c1OC. The van der Waals surface area contributed by atoms with E-state index in [9.17, 15) is 9.59 Å². The molecule has 1 aliphatic heterocycles. The summed E-state index contributed by atoms with van der Waals surface area (Å²) in [6.07, 6.45) is 3.14. The summed E-state index contributed by atoms with van der Waals surface area (Å²) in [5.41, 5.74) is 0.357. The number of carbonyl (C=O) groups excluding carboxylic acids is 2. The van der Waals surface area contributed by atoms with Gasteiger partial charge >= 0.3 is 6.09 Å². The maximum Gasteiger partial charge on any atom is 0.413 e. The number of hydroxylamine groups is 1. The van der Waals surface area contributed by atoms with Gasteiger partial charge < -0.3 is 23.7 Å². The minimum atomic E-state index is -1.03. The molecular formula is C29H38N2O8. The molecular weight excluding hydrogens is 504 g/mol. The average molecular weight is 543 g/mol. The smallest absolute Gasteiger partial charge is 0.413 e. The largest absolute Gasteiger partial charge is 0.493 e. The van der Waals surface area contributed by atoms with Crippen molar-refractivity contribution in [3.05, 3.63) is 47.5 Å². The molecule has 1 heterocycles. The van der Waals surface area contributed by atoms with Gasteiger partial charge in [0, 0.05) is 0 Å². The molecule has 1 saturated heterocycles. The first-order valence-electron chi connectivity index (χ1n) is 12.5. The quantitative estimate of drug-likeness (QED) is 0.334. The summed E-state index contributed by atoms with van der Waals surface area (Å²) in [5.74, 6) is 1.13. The highest BCUT2D eigenvalue weighted by molar-refractivity contribution is 5.98. The van der Waals surface area contributed by atoms with Crippen molar-refractivity contribution in [1.29, 1.82) is 0 Å². The molecule has 0 bridgehead atoms. The molecule has 10 heteroatoms. The molecule has 1 unspecified atom stereocenters. The fourth-order valence-corrected chi connectivity index (χ4v) is 4.24. The van der Waals surface area contributed by atoms with E-state index in [4.69, 9.17) is 28.5 Å². The van der Waals surface area contributed by atoms with Crippen LogP contribution in [-0.4, -0.2) is 69.3 Å². The zero-order valence-electron chi connectivity index (χ0n) is 24.1. The first-order valence-corrected chi connectivity index (χ1v) is 12.5. The van der Waals surface area contributed by atoms with Gasteiger partial charge in [0.1, 0.15) is 17.4 Å². The van der Waals surface area contributed by atoms with E-state index in [1.165, 1.54) is 12.0 Å². The van der Waals surface area contributed by atoms with E-state index in [2.05, 4.69) is 0 Å². The number of carbonyl (C=O) groups is 2. The van der Waals surface area contributed by atoms with Crippen molar-refractivity contribution in [3.8, 4) is 17.2 Å². The summed E-state index contributed by atoms with van der Waals surface area (Å²) >= 11 is 0. The summed E-state index contributed by atoms with van der Waals surface area (Å²) in [6.45, 7) is 8.75. The molecule has 0 saturated carbocycles. The molecule has 1 atom stereocenters. The Hall–Kier alpha value is -3.76. The number of anilines is 1. The van der Waals surface area contributed by atoms with Crippen LogP contribution in [0.15, 0.2) is 36.4 Å². The first-order chi connectivity index (χ1) is 18.3. The van der Waals surface area contributed by atoms with Gasteiger partial charge in [-0.2, -0.15) is 5.06 Å². The molecule has 0 N–H and O–H groups in total. The molecule has 0 aliphatic carbocycles. The Morgan fingerprint density at radius 3 is 2.13 bits per heavy atom. The number of hydrogen-bond acceptors (Lipinski definition) is 8. The highest BCUT2D eigenvalue weighted by atomic mass is 16.7. The Morgan fingerprint density at radius 2 is 1.59 bits per heavy atom. The van der Waals surface area contributed by atoms with Crippen molar-refractivity contribution < 1.29 is 38.1 Å². The van der Waals surface area contributed by atoms with Gasteiger partial charge in [0.15, 0.2) is 11.5 Å². The van der Waals surface area contributed by atoms with Crippen molar-refractivity contribution in [2.75, 3.05) is 40.1 Å². The normalized spacial score (nSPS) is 16.7. The van der Waals surface area contributed by atoms with Crippen molar-refractivity contribution in [2.45, 2.75) is 52.0 Å². The van der Waals surface area contributed by atoms with Crippen LogP contribution in [-0.2, 0) is 19.1 Å². The lowest BCUT2D eigenvalue weighted by atomic mass is 10.1.